The van der Waals surface area contributed by atoms with Gasteiger partial charge in [0, 0.05) is 5.56 Å². The fourth-order valence-electron chi connectivity index (χ4n) is 1.56. The van der Waals surface area contributed by atoms with E-state index >= 15 is 0 Å². The van der Waals surface area contributed by atoms with Crippen LogP contribution in [0.3, 0.4) is 0 Å². The van der Waals surface area contributed by atoms with E-state index in [1.165, 1.54) is 0 Å². The monoisotopic (exact) mass is 279 g/mol. The van der Waals surface area contributed by atoms with Crippen molar-refractivity contribution in [2.75, 3.05) is 5.32 Å². The molecule has 0 spiro atoms. The first-order valence-corrected chi connectivity index (χ1v) is 5.72. The van der Waals surface area contributed by atoms with Crippen molar-refractivity contribution in [2.24, 2.45) is 0 Å². The lowest BCUT2D eigenvalue weighted by molar-refractivity contribution is 0.0690. The van der Waals surface area contributed by atoms with Crippen molar-refractivity contribution >= 4 is 29.3 Å². The number of benzene rings is 1. The van der Waals surface area contributed by atoms with E-state index in [0.717, 1.165) is 5.56 Å². The van der Waals surface area contributed by atoms with Crippen LogP contribution in [0.4, 0.5) is 5.82 Å². The summed E-state index contributed by atoms with van der Waals surface area (Å²) in [4.78, 5) is 22.8. The second-order valence-corrected chi connectivity index (χ2v) is 4.21. The number of aromatic carboxylic acids is 1. The average molecular weight is 280 g/mol. The Balaban J connectivity index is 2.25. The molecule has 0 atom stereocenters. The summed E-state index contributed by atoms with van der Waals surface area (Å²) in [6.07, 6.45) is 0. The van der Waals surface area contributed by atoms with E-state index in [1.54, 1.807) is 25.1 Å². The second-order valence-electron chi connectivity index (χ2n) is 3.84. The number of nitrogens with one attached hydrogen (secondary N) is 2. The summed E-state index contributed by atoms with van der Waals surface area (Å²) in [7, 11) is 0. The first-order valence-electron chi connectivity index (χ1n) is 5.35. The number of carboxylic acid groups (broad SMARTS) is 1. The van der Waals surface area contributed by atoms with Crippen LogP contribution in [0.15, 0.2) is 24.3 Å². The number of aromatic amines is 1. The number of carbonyl (C=O) groups excluding carboxylic acids is 1. The Labute approximate surface area is 113 Å². The molecule has 0 saturated carbocycles. The number of carboxylic acids is 1. The summed E-state index contributed by atoms with van der Waals surface area (Å²) >= 11 is 5.80. The van der Waals surface area contributed by atoms with E-state index < -0.39 is 5.97 Å². The van der Waals surface area contributed by atoms with Gasteiger partial charge in [-0.2, -0.15) is 5.10 Å². The zero-order valence-corrected chi connectivity index (χ0v) is 10.7. The molecule has 1 aromatic heterocycles. The van der Waals surface area contributed by atoms with Crippen LogP contribution in [0.25, 0.3) is 0 Å². The van der Waals surface area contributed by atoms with Gasteiger partial charge in [-0.15, -0.1) is 0 Å². The van der Waals surface area contributed by atoms with Crippen molar-refractivity contribution < 1.29 is 14.7 Å². The molecule has 0 aliphatic rings. The number of hydrogen-bond donors (Lipinski definition) is 3. The topological polar surface area (TPSA) is 95.1 Å². The number of aryl methyl sites for hydroxylation is 1. The van der Waals surface area contributed by atoms with Crippen LogP contribution in [0.2, 0.25) is 5.02 Å². The zero-order valence-electron chi connectivity index (χ0n) is 9.90. The van der Waals surface area contributed by atoms with E-state index in [2.05, 4.69) is 15.5 Å². The van der Waals surface area contributed by atoms with Gasteiger partial charge in [-0.25, -0.2) is 4.79 Å². The number of halogens is 1. The van der Waals surface area contributed by atoms with Crippen molar-refractivity contribution in [2.45, 2.75) is 6.92 Å². The molecule has 0 bridgehead atoms. The Morgan fingerprint density at radius 3 is 2.63 bits per heavy atom. The predicted octanol–water partition coefficient (Wildman–Crippen LogP) is 2.32. The predicted molar refractivity (Wildman–Crippen MR) is 69.7 cm³/mol. The molecule has 98 valence electrons. The first kappa shape index (κ1) is 13.1. The van der Waals surface area contributed by atoms with Crippen LogP contribution in [0, 0.1) is 6.92 Å². The quantitative estimate of drug-likeness (QED) is 0.803. The third-order valence-corrected chi connectivity index (χ3v) is 2.91. The lowest BCUT2D eigenvalue weighted by Crippen LogP contribution is -2.13. The smallest absolute Gasteiger partial charge is 0.358 e. The van der Waals surface area contributed by atoms with Crippen molar-refractivity contribution in [3.05, 3.63) is 46.1 Å². The van der Waals surface area contributed by atoms with Crippen LogP contribution in [-0.4, -0.2) is 27.2 Å². The fraction of sp³-hybridized carbons (Fsp3) is 0.0833. The number of H-pyrrole nitrogens is 1. The first-order chi connectivity index (χ1) is 9.00. The Kier molecular flexibility index (Phi) is 3.52. The van der Waals surface area contributed by atoms with Crippen LogP contribution in [0.1, 0.15) is 26.4 Å². The van der Waals surface area contributed by atoms with Gasteiger partial charge in [0.15, 0.2) is 5.69 Å². The summed E-state index contributed by atoms with van der Waals surface area (Å²) in [5.74, 6) is -1.59. The van der Waals surface area contributed by atoms with E-state index in [4.69, 9.17) is 16.7 Å². The third-order valence-electron chi connectivity index (χ3n) is 2.54. The molecule has 0 radical (unpaired) electrons. The Hall–Kier alpha value is -2.34. The van der Waals surface area contributed by atoms with Gasteiger partial charge in [0.2, 0.25) is 0 Å². The van der Waals surface area contributed by atoms with E-state index in [1.807, 2.05) is 6.07 Å². The highest BCUT2D eigenvalue weighted by molar-refractivity contribution is 6.36. The zero-order chi connectivity index (χ0) is 14.0. The molecular formula is C12H10ClN3O3. The van der Waals surface area contributed by atoms with Gasteiger partial charge in [0.25, 0.3) is 5.91 Å². The molecule has 1 amide bonds. The molecule has 7 heteroatoms. The van der Waals surface area contributed by atoms with Gasteiger partial charge in [0.05, 0.1) is 0 Å². The van der Waals surface area contributed by atoms with Gasteiger partial charge in [-0.05, 0) is 18.6 Å². The standard InChI is InChI=1S/C12H10ClN3O3/c1-6-4-2-3-5-7(6)11(17)14-10-8(13)9(12(18)19)15-16-10/h2-5H,1H3,(H,18,19)(H2,14,15,16,17). The second kappa shape index (κ2) is 5.11. The maximum absolute atomic E-state index is 12.0. The largest absolute Gasteiger partial charge is 0.476 e. The molecule has 0 fully saturated rings. The molecule has 2 aromatic rings. The van der Waals surface area contributed by atoms with E-state index in [9.17, 15) is 9.59 Å². The summed E-state index contributed by atoms with van der Waals surface area (Å²) in [6, 6.07) is 7.01. The highest BCUT2D eigenvalue weighted by atomic mass is 35.5. The third kappa shape index (κ3) is 2.58. The molecule has 1 heterocycles. The average Bonchev–Trinajstić information content (AvgIpc) is 2.71. The molecule has 19 heavy (non-hydrogen) atoms. The van der Waals surface area contributed by atoms with Gasteiger partial charge in [-0.3, -0.25) is 9.89 Å². The van der Waals surface area contributed by atoms with Crippen LogP contribution in [-0.2, 0) is 0 Å². The molecule has 1 aromatic carbocycles. The SMILES string of the molecule is Cc1ccccc1C(=O)Nc1[nH]nc(C(=O)O)c1Cl. The summed E-state index contributed by atoms with van der Waals surface area (Å²) in [5, 5.41) is 17.0. The maximum Gasteiger partial charge on any atom is 0.358 e. The number of nitrogens with zero attached hydrogens (tertiary/aromatic N) is 1. The van der Waals surface area contributed by atoms with Gasteiger partial charge in [-0.1, -0.05) is 29.8 Å². The molecular weight excluding hydrogens is 270 g/mol. The molecule has 0 unspecified atom stereocenters. The number of hydrogen-bond acceptors (Lipinski definition) is 3. The number of rotatable bonds is 3. The van der Waals surface area contributed by atoms with Crippen molar-refractivity contribution in [3.8, 4) is 0 Å². The van der Waals surface area contributed by atoms with Crippen molar-refractivity contribution in [3.63, 3.8) is 0 Å². The number of carbonyl (C=O) groups is 2. The van der Waals surface area contributed by atoms with Crippen LogP contribution >= 0.6 is 11.6 Å². The van der Waals surface area contributed by atoms with Gasteiger partial charge < -0.3 is 10.4 Å². The molecule has 3 N–H and O–H groups in total. The minimum atomic E-state index is -1.27. The number of amides is 1. The van der Waals surface area contributed by atoms with Gasteiger partial charge in [0.1, 0.15) is 10.8 Å². The molecule has 0 aliphatic heterocycles. The van der Waals surface area contributed by atoms with E-state index in [-0.39, 0.29) is 22.4 Å². The molecule has 2 rings (SSSR count). The summed E-state index contributed by atoms with van der Waals surface area (Å²) in [6.45, 7) is 1.80. The summed E-state index contributed by atoms with van der Waals surface area (Å²) in [5.41, 5.74) is 0.945. The lowest BCUT2D eigenvalue weighted by Gasteiger charge is -2.05. The highest BCUT2D eigenvalue weighted by Gasteiger charge is 2.19. The normalized spacial score (nSPS) is 10.2. The van der Waals surface area contributed by atoms with Gasteiger partial charge >= 0.3 is 5.97 Å². The van der Waals surface area contributed by atoms with Crippen LogP contribution < -0.4 is 5.32 Å². The molecule has 0 saturated heterocycles. The summed E-state index contributed by atoms with van der Waals surface area (Å²) < 4.78 is 0. The Morgan fingerprint density at radius 1 is 1.37 bits per heavy atom. The maximum atomic E-state index is 12.0. The minimum absolute atomic E-state index is 0.0623. The molecule has 0 aliphatic carbocycles. The van der Waals surface area contributed by atoms with E-state index in [0.29, 0.717) is 5.56 Å². The fourth-order valence-corrected chi connectivity index (χ4v) is 1.77. The lowest BCUT2D eigenvalue weighted by atomic mass is 10.1. The number of anilines is 1. The van der Waals surface area contributed by atoms with Crippen molar-refractivity contribution in [1.29, 1.82) is 0 Å². The van der Waals surface area contributed by atoms with Crippen LogP contribution in [0.5, 0.6) is 0 Å². The Bertz CT molecular complexity index is 651. The highest BCUT2D eigenvalue weighted by Crippen LogP contribution is 2.23. The Morgan fingerprint density at radius 2 is 2.05 bits per heavy atom. The van der Waals surface area contributed by atoms with Crippen molar-refractivity contribution in [1.82, 2.24) is 10.2 Å². The minimum Gasteiger partial charge on any atom is -0.476 e. The number of aromatic nitrogens is 2. The molecule has 6 nitrogen and oxygen atoms in total.